The number of hydrogen-bond acceptors (Lipinski definition) is 5. The van der Waals surface area contributed by atoms with Gasteiger partial charge in [0.15, 0.2) is 0 Å². The number of alkyl halides is 3. The van der Waals surface area contributed by atoms with Crippen LogP contribution in [0.1, 0.15) is 19.8 Å². The van der Waals surface area contributed by atoms with Gasteiger partial charge >= 0.3 is 5.51 Å². The second-order valence-electron chi connectivity index (χ2n) is 4.78. The van der Waals surface area contributed by atoms with Crippen molar-refractivity contribution in [2.45, 2.75) is 41.1 Å². The highest BCUT2D eigenvalue weighted by Gasteiger charge is 2.49. The predicted molar refractivity (Wildman–Crippen MR) is 75.8 cm³/mol. The molecule has 0 aliphatic rings. The first-order valence-corrected chi connectivity index (χ1v) is 9.43. The van der Waals surface area contributed by atoms with E-state index in [0.29, 0.717) is 6.07 Å². The predicted octanol–water partition coefficient (Wildman–Crippen LogP) is 1.42. The molecule has 11 heteroatoms. The molecule has 0 saturated heterocycles. The largest absolute Gasteiger partial charge is 0.501 e. The molecular formula is C12H16F3NO5S2. The van der Waals surface area contributed by atoms with Gasteiger partial charge in [0.05, 0.1) is 4.90 Å². The summed E-state index contributed by atoms with van der Waals surface area (Å²) < 4.78 is 87.6. The Balaban J connectivity index is 3.30. The third-order valence-corrected chi connectivity index (χ3v) is 6.21. The zero-order valence-electron chi connectivity index (χ0n) is 12.0. The smallest absolute Gasteiger partial charge is 0.396 e. The van der Waals surface area contributed by atoms with Crippen LogP contribution >= 0.6 is 0 Å². The van der Waals surface area contributed by atoms with Crippen molar-refractivity contribution in [1.82, 2.24) is 4.72 Å². The lowest BCUT2D eigenvalue weighted by Gasteiger charge is -2.16. The van der Waals surface area contributed by atoms with Gasteiger partial charge in [-0.15, -0.1) is 0 Å². The van der Waals surface area contributed by atoms with Gasteiger partial charge in [0.1, 0.15) is 4.90 Å². The van der Waals surface area contributed by atoms with Gasteiger partial charge in [-0.25, -0.2) is 21.6 Å². The van der Waals surface area contributed by atoms with Crippen molar-refractivity contribution in [2.24, 2.45) is 0 Å². The molecule has 2 N–H and O–H groups in total. The van der Waals surface area contributed by atoms with E-state index in [-0.39, 0.29) is 19.4 Å². The standard InChI is InChI=1S/C12H16F3NO5S2/c1-9(5-4-8-17)16-23(20,21)11-7-3-2-6-10(11)22(18,19)12(13,14)15/h2-3,6-7,9,16-17H,4-5,8H2,1H3. The average molecular weight is 375 g/mol. The van der Waals surface area contributed by atoms with Crippen molar-refractivity contribution in [1.29, 1.82) is 0 Å². The summed E-state index contributed by atoms with van der Waals surface area (Å²) in [4.78, 5) is -2.29. The molecule has 0 amide bonds. The Labute approximate surface area is 132 Å². The summed E-state index contributed by atoms with van der Waals surface area (Å²) in [7, 11) is -10.3. The fourth-order valence-electron chi connectivity index (χ4n) is 1.80. The Hall–Kier alpha value is -1.17. The molecule has 132 valence electrons. The Morgan fingerprint density at radius 1 is 1.13 bits per heavy atom. The summed E-state index contributed by atoms with van der Waals surface area (Å²) in [5, 5.41) is 8.69. The lowest BCUT2D eigenvalue weighted by molar-refractivity contribution is -0.0437. The van der Waals surface area contributed by atoms with Crippen LogP contribution in [0.5, 0.6) is 0 Å². The molecule has 1 aromatic rings. The van der Waals surface area contributed by atoms with Crippen LogP contribution in [-0.2, 0) is 19.9 Å². The van der Waals surface area contributed by atoms with E-state index < -0.39 is 41.2 Å². The summed E-state index contributed by atoms with van der Waals surface area (Å²) in [6, 6.07) is 2.83. The molecule has 0 heterocycles. The van der Waals surface area contributed by atoms with Crippen molar-refractivity contribution in [3.05, 3.63) is 24.3 Å². The first kappa shape index (κ1) is 19.9. The number of hydrogen-bond donors (Lipinski definition) is 2. The van der Waals surface area contributed by atoms with E-state index in [9.17, 15) is 30.0 Å². The molecule has 1 atom stereocenters. The molecule has 0 saturated carbocycles. The minimum absolute atomic E-state index is 0.175. The first-order chi connectivity index (χ1) is 10.4. The van der Waals surface area contributed by atoms with Gasteiger partial charge in [-0.3, -0.25) is 0 Å². The van der Waals surface area contributed by atoms with Crippen molar-refractivity contribution in [2.75, 3.05) is 6.61 Å². The lowest BCUT2D eigenvalue weighted by atomic mass is 10.2. The summed E-state index contributed by atoms with van der Waals surface area (Å²) >= 11 is 0. The lowest BCUT2D eigenvalue weighted by Crippen LogP contribution is -2.34. The van der Waals surface area contributed by atoms with Crippen molar-refractivity contribution < 1.29 is 35.1 Å². The van der Waals surface area contributed by atoms with E-state index in [4.69, 9.17) is 5.11 Å². The topological polar surface area (TPSA) is 101 Å². The molecule has 1 aromatic carbocycles. The van der Waals surface area contributed by atoms with Crippen LogP contribution in [0.3, 0.4) is 0 Å². The van der Waals surface area contributed by atoms with Gasteiger partial charge in [0.2, 0.25) is 10.0 Å². The quantitative estimate of drug-likeness (QED) is 0.751. The van der Waals surface area contributed by atoms with Crippen LogP contribution in [0.4, 0.5) is 13.2 Å². The summed E-state index contributed by atoms with van der Waals surface area (Å²) in [5.41, 5.74) is -5.61. The summed E-state index contributed by atoms with van der Waals surface area (Å²) in [6.45, 7) is 1.28. The van der Waals surface area contributed by atoms with Crippen LogP contribution in [0.15, 0.2) is 34.1 Å². The maximum absolute atomic E-state index is 12.7. The number of aliphatic hydroxyl groups is 1. The van der Waals surface area contributed by atoms with Crippen molar-refractivity contribution in [3.63, 3.8) is 0 Å². The van der Waals surface area contributed by atoms with Crippen LogP contribution in [0, 0.1) is 0 Å². The van der Waals surface area contributed by atoms with Crippen LogP contribution < -0.4 is 4.72 Å². The number of aliphatic hydroxyl groups excluding tert-OH is 1. The molecule has 0 aliphatic heterocycles. The summed E-state index contributed by atoms with van der Waals surface area (Å²) in [6.07, 6.45) is 0.524. The van der Waals surface area contributed by atoms with Crippen molar-refractivity contribution >= 4 is 19.9 Å². The van der Waals surface area contributed by atoms with E-state index in [1.54, 1.807) is 0 Å². The minimum atomic E-state index is -5.80. The third kappa shape index (κ3) is 4.66. The number of benzene rings is 1. The zero-order valence-corrected chi connectivity index (χ0v) is 13.7. The van der Waals surface area contributed by atoms with Gasteiger partial charge in [-0.1, -0.05) is 12.1 Å². The van der Waals surface area contributed by atoms with E-state index in [0.717, 1.165) is 18.2 Å². The Morgan fingerprint density at radius 2 is 1.65 bits per heavy atom. The van der Waals surface area contributed by atoms with Gasteiger partial charge in [-0.2, -0.15) is 13.2 Å². The highest BCUT2D eigenvalue weighted by molar-refractivity contribution is 7.94. The monoisotopic (exact) mass is 375 g/mol. The number of sulfone groups is 1. The molecule has 0 bridgehead atoms. The van der Waals surface area contributed by atoms with Crippen LogP contribution in [0.25, 0.3) is 0 Å². The highest BCUT2D eigenvalue weighted by atomic mass is 32.2. The SMILES string of the molecule is CC(CCCO)NS(=O)(=O)c1ccccc1S(=O)(=O)C(F)(F)F. The Kier molecular flexibility index (Phi) is 6.18. The van der Waals surface area contributed by atoms with Gasteiger partial charge in [-0.05, 0) is 31.9 Å². The number of rotatable bonds is 7. The molecule has 1 rings (SSSR count). The highest BCUT2D eigenvalue weighted by Crippen LogP contribution is 2.33. The molecule has 0 fully saturated rings. The molecule has 1 unspecified atom stereocenters. The third-order valence-electron chi connectivity index (χ3n) is 2.88. The van der Waals surface area contributed by atoms with E-state index in [2.05, 4.69) is 4.72 Å². The Bertz CT molecular complexity index is 744. The molecule has 6 nitrogen and oxygen atoms in total. The molecule has 0 aromatic heterocycles. The fraction of sp³-hybridized carbons (Fsp3) is 0.500. The maximum Gasteiger partial charge on any atom is 0.501 e. The molecule has 0 radical (unpaired) electrons. The van der Waals surface area contributed by atoms with Crippen molar-refractivity contribution in [3.8, 4) is 0 Å². The van der Waals surface area contributed by atoms with E-state index >= 15 is 0 Å². The average Bonchev–Trinajstić information content (AvgIpc) is 2.43. The number of halogens is 3. The van der Waals surface area contributed by atoms with Crippen LogP contribution in [-0.4, -0.2) is 40.1 Å². The second kappa shape index (κ2) is 7.16. The normalized spacial score (nSPS) is 14.7. The van der Waals surface area contributed by atoms with Gasteiger partial charge in [0, 0.05) is 12.6 Å². The van der Waals surface area contributed by atoms with Gasteiger partial charge < -0.3 is 5.11 Å². The maximum atomic E-state index is 12.7. The minimum Gasteiger partial charge on any atom is -0.396 e. The number of nitrogens with one attached hydrogen (secondary N) is 1. The van der Waals surface area contributed by atoms with Crippen LogP contribution in [0.2, 0.25) is 0 Å². The molecule has 0 spiro atoms. The fourth-order valence-corrected chi connectivity index (χ4v) is 4.67. The van der Waals surface area contributed by atoms with E-state index in [1.165, 1.54) is 6.92 Å². The van der Waals surface area contributed by atoms with E-state index in [1.807, 2.05) is 0 Å². The summed E-state index contributed by atoms with van der Waals surface area (Å²) in [5.74, 6) is 0. The Morgan fingerprint density at radius 3 is 2.13 bits per heavy atom. The number of sulfonamides is 1. The molecule has 23 heavy (non-hydrogen) atoms. The molecular weight excluding hydrogens is 359 g/mol. The van der Waals surface area contributed by atoms with Gasteiger partial charge in [0.25, 0.3) is 9.84 Å². The zero-order chi connectivity index (χ0) is 17.9. The second-order valence-corrected chi connectivity index (χ2v) is 8.38. The molecule has 0 aliphatic carbocycles. The first-order valence-electron chi connectivity index (χ1n) is 6.47.